The number of carbonyl (C=O) groups excluding carboxylic acids is 6. The zero-order valence-electron chi connectivity index (χ0n) is 32.3. The normalized spacial score (nSPS) is 24.9. The predicted octanol–water partition coefficient (Wildman–Crippen LogP) is 2.72. The predicted molar refractivity (Wildman–Crippen MR) is 204 cm³/mol. The number of aliphatic hydroxyl groups is 2. The van der Waals surface area contributed by atoms with Gasteiger partial charge in [-0.1, -0.05) is 71.8 Å². The molecule has 0 aromatic heterocycles. The third kappa shape index (κ3) is 14.1. The van der Waals surface area contributed by atoms with Gasteiger partial charge in [-0.3, -0.25) is 33.7 Å². The maximum absolute atomic E-state index is 13.7. The first kappa shape index (κ1) is 44.0. The first-order chi connectivity index (χ1) is 25.8. The van der Waals surface area contributed by atoms with E-state index < -0.39 is 65.7 Å². The first-order valence-corrected chi connectivity index (χ1v) is 19.5. The highest BCUT2D eigenvalue weighted by Gasteiger charge is 2.41. The van der Waals surface area contributed by atoms with Crippen molar-refractivity contribution in [2.75, 3.05) is 13.1 Å². The van der Waals surface area contributed by atoms with Gasteiger partial charge in [-0.25, -0.2) is 4.99 Å². The molecule has 2 saturated heterocycles. The Kier molecular flexibility index (Phi) is 18.5. The van der Waals surface area contributed by atoms with Gasteiger partial charge in [-0.2, -0.15) is 0 Å². The van der Waals surface area contributed by atoms with E-state index in [1.54, 1.807) is 12.8 Å². The molecule has 0 bridgehead atoms. The van der Waals surface area contributed by atoms with Crippen molar-refractivity contribution >= 4 is 41.7 Å². The van der Waals surface area contributed by atoms with E-state index in [2.05, 4.69) is 47.0 Å². The Morgan fingerprint density at radius 2 is 1.72 bits per heavy atom. The molecule has 0 aromatic rings. The van der Waals surface area contributed by atoms with Crippen LogP contribution in [0.5, 0.6) is 0 Å². The summed E-state index contributed by atoms with van der Waals surface area (Å²) >= 11 is 0. The van der Waals surface area contributed by atoms with Crippen LogP contribution in [0, 0.1) is 24.7 Å². The van der Waals surface area contributed by atoms with Crippen LogP contribution in [0.1, 0.15) is 111 Å². The van der Waals surface area contributed by atoms with Gasteiger partial charge in [0.25, 0.3) is 17.9 Å². The van der Waals surface area contributed by atoms with E-state index in [0.29, 0.717) is 12.8 Å². The first-order valence-electron chi connectivity index (χ1n) is 19.5. The van der Waals surface area contributed by atoms with E-state index in [0.717, 1.165) is 49.9 Å². The van der Waals surface area contributed by atoms with Gasteiger partial charge in [-0.05, 0) is 38.0 Å². The minimum Gasteiger partial charge on any atom is -0.492 e. The summed E-state index contributed by atoms with van der Waals surface area (Å²) in [6.07, 6.45) is 17.0. The number of hydrogen-bond acceptors (Lipinski definition) is 9. The molecule has 300 valence electrons. The molecule has 0 saturated carbocycles. The van der Waals surface area contributed by atoms with Crippen molar-refractivity contribution in [2.24, 2.45) is 16.8 Å². The van der Waals surface area contributed by atoms with Crippen LogP contribution in [0.4, 0.5) is 0 Å². The number of fused-ring (bicyclic) bond motifs is 2. The molecule has 7 atom stereocenters. The highest BCUT2D eigenvalue weighted by Crippen LogP contribution is 2.22. The molecule has 2 fully saturated rings. The van der Waals surface area contributed by atoms with Crippen LogP contribution in [0.15, 0.2) is 29.4 Å². The lowest BCUT2D eigenvalue weighted by Gasteiger charge is -2.32. The van der Waals surface area contributed by atoms with Crippen LogP contribution in [0.25, 0.3) is 0 Å². The summed E-state index contributed by atoms with van der Waals surface area (Å²) in [5.41, 5.74) is 0. The number of aliphatic hydroxyl groups excluding tert-OH is 2. The van der Waals surface area contributed by atoms with E-state index >= 15 is 0 Å². The molecule has 3 aliphatic heterocycles. The van der Waals surface area contributed by atoms with Crippen LogP contribution in [-0.4, -0.2) is 105 Å². The SMILES string of the molecule is CCC(C)CC(C)CCCCCCCCC(=O)N[C@H]1CC=CNC(=O)[C@@H]2[CH+]CCN2C(=O)C=NC(O)=CNC(=O)[C@@H]2C[CH-]CN2C(=O)[C@H]([C@@H](C)O)NC1=O. The Morgan fingerprint density at radius 1 is 1.00 bits per heavy atom. The summed E-state index contributed by atoms with van der Waals surface area (Å²) in [6, 6.07) is -4.55. The maximum Gasteiger partial charge on any atom is 0.293 e. The number of nitrogens with one attached hydrogen (secondary N) is 4. The third-order valence-electron chi connectivity index (χ3n) is 10.2. The van der Waals surface area contributed by atoms with E-state index in [4.69, 9.17) is 0 Å². The van der Waals surface area contributed by atoms with Gasteiger partial charge in [-0.15, -0.1) is 13.0 Å². The molecular weight excluding hydrogens is 694 g/mol. The summed E-state index contributed by atoms with van der Waals surface area (Å²) in [4.78, 5) is 85.4. The molecule has 0 aliphatic carbocycles. The van der Waals surface area contributed by atoms with Gasteiger partial charge in [0.05, 0.1) is 31.1 Å². The molecule has 6 N–H and O–H groups in total. The zero-order valence-corrected chi connectivity index (χ0v) is 32.3. The summed E-state index contributed by atoms with van der Waals surface area (Å²) in [6.45, 7) is 8.50. The van der Waals surface area contributed by atoms with Gasteiger partial charge in [0.1, 0.15) is 24.9 Å². The molecule has 6 amide bonds. The lowest BCUT2D eigenvalue weighted by molar-refractivity contribution is -0.144. The molecule has 2 unspecified atom stereocenters. The summed E-state index contributed by atoms with van der Waals surface area (Å²) in [5, 5.41) is 31.1. The van der Waals surface area contributed by atoms with Crippen LogP contribution in [0.3, 0.4) is 0 Å². The minimum atomic E-state index is -1.45. The van der Waals surface area contributed by atoms with Gasteiger partial charge >= 0.3 is 0 Å². The average Bonchev–Trinajstić information content (AvgIpc) is 3.84. The second kappa shape index (κ2) is 22.7. The lowest BCUT2D eigenvalue weighted by atomic mass is 9.91. The largest absolute Gasteiger partial charge is 0.492 e. The summed E-state index contributed by atoms with van der Waals surface area (Å²) < 4.78 is 0. The Balaban J connectivity index is 1.68. The van der Waals surface area contributed by atoms with Crippen LogP contribution >= 0.6 is 0 Å². The fourth-order valence-corrected chi connectivity index (χ4v) is 6.92. The molecule has 0 radical (unpaired) electrons. The van der Waals surface area contributed by atoms with Crippen LogP contribution in [0.2, 0.25) is 0 Å². The maximum atomic E-state index is 13.7. The number of amides is 6. The molecule has 3 heterocycles. The van der Waals surface area contributed by atoms with E-state index in [9.17, 15) is 39.0 Å². The average molecular weight is 756 g/mol. The van der Waals surface area contributed by atoms with Gasteiger partial charge in [0.15, 0.2) is 0 Å². The molecule has 0 aromatic carbocycles. The molecule has 15 nitrogen and oxygen atoms in total. The number of rotatable bonds is 14. The van der Waals surface area contributed by atoms with Gasteiger partial charge in [0.2, 0.25) is 29.5 Å². The lowest BCUT2D eigenvalue weighted by Crippen LogP contribution is -2.59. The minimum absolute atomic E-state index is 0.0618. The monoisotopic (exact) mass is 755 g/mol. The number of hydrogen-bond donors (Lipinski definition) is 6. The van der Waals surface area contributed by atoms with Crippen molar-refractivity contribution in [1.29, 1.82) is 0 Å². The number of nitrogens with zero attached hydrogens (tertiary/aromatic N) is 3. The number of unbranched alkanes of at least 4 members (excludes halogenated alkanes) is 5. The smallest absolute Gasteiger partial charge is 0.293 e. The van der Waals surface area contributed by atoms with E-state index in [1.165, 1.54) is 54.7 Å². The van der Waals surface area contributed by atoms with Gasteiger partial charge in [0, 0.05) is 12.6 Å². The third-order valence-corrected chi connectivity index (χ3v) is 10.2. The molecule has 54 heavy (non-hydrogen) atoms. The quantitative estimate of drug-likeness (QED) is 0.114. The van der Waals surface area contributed by atoms with Gasteiger partial charge < -0.3 is 42.8 Å². The van der Waals surface area contributed by atoms with Crippen molar-refractivity contribution in [3.8, 4) is 0 Å². The standard InChI is InChI=1S/C39H61N7O8/c1-5-26(2)23-27(3)15-10-8-6-7-9-11-19-32(48)43-29-16-12-20-40-37(52)30-17-13-21-45(30)34(50)25-41-33(49)24-42-38(53)31-18-14-22-46(31)39(54)35(28(4)47)44-36(29)51/h12,14,17,20,24-31,35,47,49H,5-11,13,15-16,18-19,21-23H2,1-4H3,(H,40,52)(H,42,53)(H,43,48)(H,44,51)/t26?,27?,28-,29+,30+,31+,35+/m1/s1. The van der Waals surface area contributed by atoms with Crippen molar-refractivity contribution in [3.63, 3.8) is 0 Å². The van der Waals surface area contributed by atoms with E-state index in [1.807, 2.05) is 0 Å². The molecular formula is C39H61N7O8. The van der Waals surface area contributed by atoms with Crippen molar-refractivity contribution in [2.45, 2.75) is 141 Å². The topological polar surface area (TPSA) is 210 Å². The van der Waals surface area contributed by atoms with Crippen LogP contribution < -0.4 is 21.3 Å². The number of carbonyl (C=O) groups is 6. The highest BCUT2D eigenvalue weighted by atomic mass is 16.3. The molecule has 3 rings (SSSR count). The zero-order chi connectivity index (χ0) is 39.6. The van der Waals surface area contributed by atoms with E-state index in [-0.39, 0.29) is 38.3 Å². The molecule has 0 spiro atoms. The van der Waals surface area contributed by atoms with Crippen molar-refractivity contribution in [3.05, 3.63) is 37.2 Å². The highest BCUT2D eigenvalue weighted by molar-refractivity contribution is 6.27. The van der Waals surface area contributed by atoms with Crippen LogP contribution in [-0.2, 0) is 28.8 Å². The Labute approximate surface area is 319 Å². The fourth-order valence-electron chi connectivity index (χ4n) is 6.92. The second-order valence-electron chi connectivity index (χ2n) is 14.8. The molecule has 15 heteroatoms. The second-order valence-corrected chi connectivity index (χ2v) is 14.8. The molecule has 3 aliphatic rings. The van der Waals surface area contributed by atoms with Crippen molar-refractivity contribution < 1.29 is 39.0 Å². The summed E-state index contributed by atoms with van der Waals surface area (Å²) in [5.74, 6) is -2.83. The van der Waals surface area contributed by atoms with Crippen molar-refractivity contribution in [1.82, 2.24) is 31.1 Å². The fraction of sp³-hybridized carbons (Fsp3) is 0.667. The Hall–Kier alpha value is -4.40. The number of aliphatic imine (C=N–C) groups is 1. The summed E-state index contributed by atoms with van der Waals surface area (Å²) in [7, 11) is 0. The Morgan fingerprint density at radius 3 is 2.44 bits per heavy atom. The Bertz CT molecular complexity index is 1380.